The van der Waals surface area contributed by atoms with Crippen molar-refractivity contribution >= 4 is 29.0 Å². The largest absolute Gasteiger partial charge is 0.321 e. The molecule has 0 bridgehead atoms. The van der Waals surface area contributed by atoms with E-state index in [1.165, 1.54) is 6.20 Å². The maximum Gasteiger partial charge on any atom is 0.258 e. The van der Waals surface area contributed by atoms with Crippen molar-refractivity contribution in [2.75, 3.05) is 5.32 Å². The molecule has 2 aromatic carbocycles. The number of anilines is 1. The number of rotatable bonds is 5. The monoisotopic (exact) mass is 353 g/mol. The smallest absolute Gasteiger partial charge is 0.258 e. The van der Waals surface area contributed by atoms with Crippen LogP contribution in [-0.4, -0.2) is 21.5 Å². The van der Waals surface area contributed by atoms with Crippen LogP contribution in [0.2, 0.25) is 5.02 Å². The number of hydrogen-bond donors (Lipinski definition) is 1. The molecule has 0 aliphatic heterocycles. The molecule has 0 radical (unpaired) electrons. The highest BCUT2D eigenvalue weighted by Gasteiger charge is 2.17. The number of nitrogens with one attached hydrogen (secondary N) is 1. The molecule has 1 amide bonds. The van der Waals surface area contributed by atoms with Crippen LogP contribution in [0.5, 0.6) is 0 Å². The molecule has 1 aromatic heterocycles. The van der Waals surface area contributed by atoms with Crippen LogP contribution in [0.1, 0.15) is 33.2 Å². The third-order valence-electron chi connectivity index (χ3n) is 3.73. The number of nitrogens with zero attached hydrogens (tertiary/aromatic N) is 2. The number of aryl methyl sites for hydroxylation is 1. The topological polar surface area (TPSA) is 64.0 Å². The fourth-order valence-electron chi connectivity index (χ4n) is 2.41. The van der Waals surface area contributed by atoms with Gasteiger partial charge in [0.15, 0.2) is 5.78 Å². The quantitative estimate of drug-likeness (QED) is 0.704. The number of ketones is 1. The molecule has 0 saturated heterocycles. The van der Waals surface area contributed by atoms with Crippen LogP contribution in [0.15, 0.2) is 60.9 Å². The number of amides is 1. The first-order valence-electron chi connectivity index (χ1n) is 7.81. The average molecular weight is 354 g/mol. The van der Waals surface area contributed by atoms with Gasteiger partial charge in [0.2, 0.25) is 0 Å². The highest BCUT2D eigenvalue weighted by molar-refractivity contribution is 6.31. The van der Waals surface area contributed by atoms with Gasteiger partial charge in [0.25, 0.3) is 5.91 Å². The molecular formula is C19H16ClN3O2. The molecule has 0 unspecified atom stereocenters. The van der Waals surface area contributed by atoms with Crippen LogP contribution in [0.3, 0.4) is 0 Å². The van der Waals surface area contributed by atoms with Crippen molar-refractivity contribution in [3.05, 3.63) is 82.6 Å². The van der Waals surface area contributed by atoms with Gasteiger partial charge >= 0.3 is 0 Å². The van der Waals surface area contributed by atoms with E-state index in [1.54, 1.807) is 53.3 Å². The minimum absolute atomic E-state index is 0.206. The Bertz CT molecular complexity index is 919. The summed E-state index contributed by atoms with van der Waals surface area (Å²) in [5, 5.41) is 7.28. The average Bonchev–Trinajstić information content (AvgIpc) is 3.12. The first-order valence-corrected chi connectivity index (χ1v) is 8.19. The van der Waals surface area contributed by atoms with E-state index >= 15 is 0 Å². The van der Waals surface area contributed by atoms with E-state index in [2.05, 4.69) is 10.4 Å². The molecule has 3 rings (SSSR count). The summed E-state index contributed by atoms with van der Waals surface area (Å²) >= 11 is 6.05. The Kier molecular flexibility index (Phi) is 4.95. The van der Waals surface area contributed by atoms with Gasteiger partial charge in [-0.25, -0.2) is 0 Å². The van der Waals surface area contributed by atoms with Crippen LogP contribution in [-0.2, 0) is 6.54 Å². The molecule has 0 saturated carbocycles. The Morgan fingerprint density at radius 2 is 1.88 bits per heavy atom. The predicted molar refractivity (Wildman–Crippen MR) is 97.2 cm³/mol. The molecule has 1 N–H and O–H groups in total. The standard InChI is InChI=1S/C19H16ClN3O2/c1-2-23-12-14(11-21-23)19(25)22-17-9-8-15(20)10-16(17)18(24)13-6-4-3-5-7-13/h3-12H,2H2,1H3,(H,22,25). The lowest BCUT2D eigenvalue weighted by molar-refractivity contribution is 0.102. The Morgan fingerprint density at radius 1 is 1.12 bits per heavy atom. The second-order valence-electron chi connectivity index (χ2n) is 5.42. The van der Waals surface area contributed by atoms with Crippen LogP contribution in [0.4, 0.5) is 5.69 Å². The van der Waals surface area contributed by atoms with Crippen molar-refractivity contribution in [2.24, 2.45) is 0 Å². The third kappa shape index (κ3) is 3.78. The molecule has 126 valence electrons. The van der Waals surface area contributed by atoms with E-state index in [0.29, 0.717) is 33.9 Å². The van der Waals surface area contributed by atoms with E-state index in [0.717, 1.165) is 0 Å². The number of carbonyl (C=O) groups excluding carboxylic acids is 2. The normalized spacial score (nSPS) is 10.5. The molecule has 0 spiro atoms. The molecule has 5 nitrogen and oxygen atoms in total. The minimum atomic E-state index is -0.330. The first kappa shape index (κ1) is 16.9. The van der Waals surface area contributed by atoms with Gasteiger partial charge in [0, 0.05) is 28.9 Å². The summed E-state index contributed by atoms with van der Waals surface area (Å²) in [4.78, 5) is 25.2. The van der Waals surface area contributed by atoms with Crippen molar-refractivity contribution in [1.82, 2.24) is 9.78 Å². The van der Waals surface area contributed by atoms with E-state index in [-0.39, 0.29) is 11.7 Å². The van der Waals surface area contributed by atoms with Crippen LogP contribution < -0.4 is 5.32 Å². The zero-order valence-electron chi connectivity index (χ0n) is 13.6. The molecule has 1 heterocycles. The summed E-state index contributed by atoms with van der Waals surface area (Å²) in [7, 11) is 0. The van der Waals surface area contributed by atoms with Gasteiger partial charge in [0.05, 0.1) is 17.4 Å². The number of benzene rings is 2. The number of carbonyl (C=O) groups is 2. The van der Waals surface area contributed by atoms with Crippen molar-refractivity contribution in [2.45, 2.75) is 13.5 Å². The first-order chi connectivity index (χ1) is 12.1. The Balaban J connectivity index is 1.91. The van der Waals surface area contributed by atoms with Gasteiger partial charge in [-0.15, -0.1) is 0 Å². The lowest BCUT2D eigenvalue weighted by atomic mass is 10.0. The van der Waals surface area contributed by atoms with E-state index < -0.39 is 0 Å². The van der Waals surface area contributed by atoms with Gasteiger partial charge < -0.3 is 5.32 Å². The fraction of sp³-hybridized carbons (Fsp3) is 0.105. The summed E-state index contributed by atoms with van der Waals surface area (Å²) in [6.45, 7) is 2.61. The fourth-order valence-corrected chi connectivity index (χ4v) is 2.58. The van der Waals surface area contributed by atoms with Crippen LogP contribution in [0.25, 0.3) is 0 Å². The molecule has 25 heavy (non-hydrogen) atoms. The van der Waals surface area contributed by atoms with Gasteiger partial charge in [0.1, 0.15) is 0 Å². The Morgan fingerprint density at radius 3 is 2.56 bits per heavy atom. The van der Waals surface area contributed by atoms with Crippen molar-refractivity contribution < 1.29 is 9.59 Å². The second kappa shape index (κ2) is 7.32. The Hall–Kier alpha value is -2.92. The second-order valence-corrected chi connectivity index (χ2v) is 5.86. The summed E-state index contributed by atoms with van der Waals surface area (Å²) < 4.78 is 1.66. The van der Waals surface area contributed by atoms with Crippen molar-refractivity contribution in [3.63, 3.8) is 0 Å². The maximum atomic E-state index is 12.8. The van der Waals surface area contributed by atoms with Gasteiger partial charge in [-0.3, -0.25) is 14.3 Å². The van der Waals surface area contributed by atoms with E-state index in [4.69, 9.17) is 11.6 Å². The van der Waals surface area contributed by atoms with Gasteiger partial charge in [-0.1, -0.05) is 41.9 Å². The predicted octanol–water partition coefficient (Wildman–Crippen LogP) is 4.04. The summed E-state index contributed by atoms with van der Waals surface area (Å²) in [6, 6.07) is 13.7. The number of aromatic nitrogens is 2. The maximum absolute atomic E-state index is 12.8. The van der Waals surface area contributed by atoms with E-state index in [1.807, 2.05) is 13.0 Å². The van der Waals surface area contributed by atoms with Gasteiger partial charge in [-0.05, 0) is 25.1 Å². The van der Waals surface area contributed by atoms with Gasteiger partial charge in [-0.2, -0.15) is 5.10 Å². The molecule has 0 aliphatic carbocycles. The van der Waals surface area contributed by atoms with Crippen LogP contribution >= 0.6 is 11.6 Å². The SMILES string of the molecule is CCn1cc(C(=O)Nc2ccc(Cl)cc2C(=O)c2ccccc2)cn1. The molecule has 3 aromatic rings. The zero-order valence-corrected chi connectivity index (χ0v) is 14.3. The highest BCUT2D eigenvalue weighted by atomic mass is 35.5. The lowest BCUT2D eigenvalue weighted by Crippen LogP contribution is -2.15. The Labute approximate surface area is 150 Å². The minimum Gasteiger partial charge on any atom is -0.321 e. The molecule has 0 atom stereocenters. The highest BCUT2D eigenvalue weighted by Crippen LogP contribution is 2.24. The molecule has 6 heteroatoms. The summed E-state index contributed by atoms with van der Waals surface area (Å²) in [6.07, 6.45) is 3.15. The summed E-state index contributed by atoms with van der Waals surface area (Å²) in [5.74, 6) is -0.535. The van der Waals surface area contributed by atoms with E-state index in [9.17, 15) is 9.59 Å². The number of halogens is 1. The van der Waals surface area contributed by atoms with Crippen LogP contribution in [0, 0.1) is 0 Å². The zero-order chi connectivity index (χ0) is 17.8. The molecule has 0 fully saturated rings. The molecular weight excluding hydrogens is 338 g/mol. The summed E-state index contributed by atoms with van der Waals surface area (Å²) in [5.41, 5.74) is 1.71. The van der Waals surface area contributed by atoms with Crippen molar-refractivity contribution in [1.29, 1.82) is 0 Å². The number of hydrogen-bond acceptors (Lipinski definition) is 3. The third-order valence-corrected chi connectivity index (χ3v) is 3.96. The van der Waals surface area contributed by atoms with Crippen molar-refractivity contribution in [3.8, 4) is 0 Å². The lowest BCUT2D eigenvalue weighted by Gasteiger charge is -2.10. The molecule has 0 aliphatic rings.